The van der Waals surface area contributed by atoms with Gasteiger partial charge in [-0.2, -0.15) is 13.2 Å². The molecule has 0 spiro atoms. The zero-order valence-corrected chi connectivity index (χ0v) is 9.12. The third-order valence-corrected chi connectivity index (χ3v) is 3.16. The summed E-state index contributed by atoms with van der Waals surface area (Å²) in [5, 5.41) is 9.13. The predicted molar refractivity (Wildman–Crippen MR) is 55.0 cm³/mol. The van der Waals surface area contributed by atoms with Crippen LogP contribution in [0.25, 0.3) is 0 Å². The Morgan fingerprint density at radius 2 is 1.78 bits per heavy atom. The van der Waals surface area contributed by atoms with Gasteiger partial charge < -0.3 is 5.11 Å². The molecule has 1 aromatic rings. The maximum absolute atomic E-state index is 12.8. The van der Waals surface area contributed by atoms with Gasteiger partial charge in [-0.15, -0.1) is 0 Å². The zero-order valence-electron chi connectivity index (χ0n) is 9.12. The first-order valence-corrected chi connectivity index (χ1v) is 5.19. The molecule has 1 N–H and O–H groups in total. The Morgan fingerprint density at radius 1 is 1.22 bits per heavy atom. The van der Waals surface area contributed by atoms with Crippen molar-refractivity contribution in [1.29, 1.82) is 0 Å². The van der Waals surface area contributed by atoms with Gasteiger partial charge in [-0.25, -0.2) is 0 Å². The fourth-order valence-corrected chi connectivity index (χ4v) is 2.23. The summed E-state index contributed by atoms with van der Waals surface area (Å²) in [6.45, 7) is 0. The second-order valence-corrected chi connectivity index (χ2v) is 4.32. The summed E-state index contributed by atoms with van der Waals surface area (Å²) in [4.78, 5) is 22.2. The van der Waals surface area contributed by atoms with Crippen molar-refractivity contribution in [1.82, 2.24) is 0 Å². The third-order valence-electron chi connectivity index (χ3n) is 3.16. The molecular formula is C12H9F3O3. The smallest absolute Gasteiger partial charge is 0.416 e. The van der Waals surface area contributed by atoms with Crippen molar-refractivity contribution in [3.05, 3.63) is 35.4 Å². The SMILES string of the molecule is O=C1CC(C(=O)O)(c2ccccc2C(F)(F)F)C1. The number of alkyl halides is 3. The molecule has 6 heteroatoms. The van der Waals surface area contributed by atoms with Crippen molar-refractivity contribution in [2.45, 2.75) is 24.4 Å². The fourth-order valence-electron chi connectivity index (χ4n) is 2.23. The first-order valence-electron chi connectivity index (χ1n) is 5.19. The van der Waals surface area contributed by atoms with E-state index in [1.54, 1.807) is 0 Å². The maximum atomic E-state index is 12.8. The summed E-state index contributed by atoms with van der Waals surface area (Å²) in [5.74, 6) is -1.73. The topological polar surface area (TPSA) is 54.4 Å². The van der Waals surface area contributed by atoms with E-state index in [4.69, 9.17) is 5.11 Å². The van der Waals surface area contributed by atoms with E-state index < -0.39 is 23.1 Å². The summed E-state index contributed by atoms with van der Waals surface area (Å²) in [7, 11) is 0. The highest BCUT2D eigenvalue weighted by molar-refractivity contribution is 6.01. The lowest BCUT2D eigenvalue weighted by Crippen LogP contribution is -2.49. The molecule has 1 aliphatic carbocycles. The van der Waals surface area contributed by atoms with Crippen LogP contribution in [0.3, 0.4) is 0 Å². The van der Waals surface area contributed by atoms with E-state index in [0.717, 1.165) is 12.1 Å². The Balaban J connectivity index is 2.57. The third kappa shape index (κ3) is 1.77. The Labute approximate surface area is 100 Å². The van der Waals surface area contributed by atoms with Crippen LogP contribution in [-0.4, -0.2) is 16.9 Å². The van der Waals surface area contributed by atoms with Crippen LogP contribution in [0.2, 0.25) is 0 Å². The van der Waals surface area contributed by atoms with Crippen LogP contribution in [0.5, 0.6) is 0 Å². The minimum Gasteiger partial charge on any atom is -0.481 e. The predicted octanol–water partition coefficient (Wildman–Crippen LogP) is 2.39. The highest BCUT2D eigenvalue weighted by Crippen LogP contribution is 2.46. The highest BCUT2D eigenvalue weighted by atomic mass is 19.4. The fraction of sp³-hybridized carbons (Fsp3) is 0.333. The average molecular weight is 258 g/mol. The van der Waals surface area contributed by atoms with E-state index in [1.165, 1.54) is 12.1 Å². The van der Waals surface area contributed by atoms with Crippen molar-refractivity contribution in [2.75, 3.05) is 0 Å². The van der Waals surface area contributed by atoms with Gasteiger partial charge in [0.25, 0.3) is 0 Å². The molecule has 96 valence electrons. The number of carbonyl (C=O) groups is 2. The number of carboxylic acids is 1. The number of Topliss-reactive ketones (excluding diaryl/α,β-unsaturated/α-hetero) is 1. The largest absolute Gasteiger partial charge is 0.481 e. The van der Waals surface area contributed by atoms with Crippen molar-refractivity contribution in [3.8, 4) is 0 Å². The van der Waals surface area contributed by atoms with Crippen LogP contribution < -0.4 is 0 Å². The summed E-state index contributed by atoms with van der Waals surface area (Å²) >= 11 is 0. The Bertz CT molecular complexity index is 512. The Hall–Kier alpha value is -1.85. The lowest BCUT2D eigenvalue weighted by atomic mass is 9.62. The van der Waals surface area contributed by atoms with Gasteiger partial charge in [0, 0.05) is 12.8 Å². The van der Waals surface area contributed by atoms with E-state index in [9.17, 15) is 22.8 Å². The van der Waals surface area contributed by atoms with E-state index in [1.807, 2.05) is 0 Å². The molecule has 0 aliphatic heterocycles. The minimum atomic E-state index is -4.63. The van der Waals surface area contributed by atoms with E-state index in [2.05, 4.69) is 0 Å². The van der Waals surface area contributed by atoms with E-state index >= 15 is 0 Å². The van der Waals surface area contributed by atoms with Crippen LogP contribution in [0.15, 0.2) is 24.3 Å². The highest BCUT2D eigenvalue weighted by Gasteiger charge is 2.54. The van der Waals surface area contributed by atoms with Crippen molar-refractivity contribution in [3.63, 3.8) is 0 Å². The molecule has 2 rings (SSSR count). The summed E-state index contributed by atoms with van der Waals surface area (Å²) < 4.78 is 38.5. The first-order chi connectivity index (χ1) is 8.27. The summed E-state index contributed by atoms with van der Waals surface area (Å²) in [6.07, 6.45) is -5.39. The molecule has 1 fully saturated rings. The number of hydrogen-bond donors (Lipinski definition) is 1. The van der Waals surface area contributed by atoms with Gasteiger partial charge in [0.2, 0.25) is 0 Å². The number of carbonyl (C=O) groups excluding carboxylic acids is 1. The van der Waals surface area contributed by atoms with Gasteiger partial charge in [-0.05, 0) is 11.6 Å². The Morgan fingerprint density at radius 3 is 2.22 bits per heavy atom. The zero-order chi connectivity index (χ0) is 13.6. The molecule has 0 unspecified atom stereocenters. The second-order valence-electron chi connectivity index (χ2n) is 4.32. The number of aliphatic carboxylic acids is 1. The standard InChI is InChI=1S/C12H9F3O3/c13-12(14,15)9-4-2-1-3-8(9)11(10(17)18)5-7(16)6-11/h1-4H,5-6H2,(H,17,18). The summed E-state index contributed by atoms with van der Waals surface area (Å²) in [5.41, 5.74) is -3.03. The number of halogens is 3. The van der Waals surface area contributed by atoms with Crippen molar-refractivity contribution >= 4 is 11.8 Å². The molecule has 18 heavy (non-hydrogen) atoms. The lowest BCUT2D eigenvalue weighted by Gasteiger charge is -2.38. The first kappa shape index (κ1) is 12.6. The molecule has 0 heterocycles. The number of carboxylic acid groups (broad SMARTS) is 1. The second kappa shape index (κ2) is 3.83. The molecule has 1 saturated carbocycles. The van der Waals surface area contributed by atoms with Crippen molar-refractivity contribution in [2.24, 2.45) is 0 Å². The van der Waals surface area contributed by atoms with Gasteiger partial charge in [-0.1, -0.05) is 18.2 Å². The molecule has 0 saturated heterocycles. The molecule has 0 amide bonds. The molecule has 0 bridgehead atoms. The van der Waals surface area contributed by atoms with Crippen LogP contribution >= 0.6 is 0 Å². The normalized spacial score (nSPS) is 18.3. The van der Waals surface area contributed by atoms with Gasteiger partial charge in [0.15, 0.2) is 0 Å². The lowest BCUT2D eigenvalue weighted by molar-refractivity contribution is -0.155. The maximum Gasteiger partial charge on any atom is 0.416 e. The van der Waals surface area contributed by atoms with Gasteiger partial charge in [0.05, 0.1) is 5.56 Å². The molecule has 1 aliphatic rings. The molecule has 3 nitrogen and oxygen atoms in total. The number of ketones is 1. The average Bonchev–Trinajstić information content (AvgIpc) is 2.23. The van der Waals surface area contributed by atoms with E-state index in [0.29, 0.717) is 0 Å². The van der Waals surface area contributed by atoms with Gasteiger partial charge in [-0.3, -0.25) is 9.59 Å². The van der Waals surface area contributed by atoms with Crippen LogP contribution in [0.4, 0.5) is 13.2 Å². The molecule has 0 aromatic heterocycles. The summed E-state index contributed by atoms with van der Waals surface area (Å²) in [6, 6.07) is 4.51. The molecule has 0 radical (unpaired) electrons. The van der Waals surface area contributed by atoms with Gasteiger partial charge in [0.1, 0.15) is 11.2 Å². The molecule has 0 atom stereocenters. The monoisotopic (exact) mass is 258 g/mol. The quantitative estimate of drug-likeness (QED) is 0.886. The Kier molecular flexibility index (Phi) is 2.68. The molecular weight excluding hydrogens is 249 g/mol. The minimum absolute atomic E-state index is 0.329. The van der Waals surface area contributed by atoms with E-state index in [-0.39, 0.29) is 24.2 Å². The molecule has 1 aromatic carbocycles. The number of benzene rings is 1. The van der Waals surface area contributed by atoms with Crippen LogP contribution in [0, 0.1) is 0 Å². The number of rotatable bonds is 2. The van der Waals surface area contributed by atoms with Gasteiger partial charge >= 0.3 is 12.1 Å². The van der Waals surface area contributed by atoms with Crippen molar-refractivity contribution < 1.29 is 27.9 Å². The van der Waals surface area contributed by atoms with Crippen LogP contribution in [-0.2, 0) is 21.2 Å². The van der Waals surface area contributed by atoms with Crippen LogP contribution in [0.1, 0.15) is 24.0 Å². The number of hydrogen-bond acceptors (Lipinski definition) is 2.